The molecule has 0 spiro atoms. The predicted octanol–water partition coefficient (Wildman–Crippen LogP) is 3.18. The monoisotopic (exact) mass is 306 g/mol. The predicted molar refractivity (Wildman–Crippen MR) is 68.3 cm³/mol. The molecule has 0 aromatic heterocycles. The van der Waals surface area contributed by atoms with Gasteiger partial charge in [0.1, 0.15) is 5.60 Å². The molecule has 3 fully saturated rings. The highest BCUT2D eigenvalue weighted by Crippen LogP contribution is 2.68. The quantitative estimate of drug-likeness (QED) is 0.698. The highest BCUT2D eigenvalue weighted by molar-refractivity contribution is 5.79. The zero-order chi connectivity index (χ0) is 15.6. The molecule has 1 saturated heterocycles. The summed E-state index contributed by atoms with van der Waals surface area (Å²) in [6.45, 7) is 5.68. The lowest BCUT2D eigenvalue weighted by Crippen LogP contribution is -2.54. The Balaban J connectivity index is 1.95. The molecule has 3 nitrogen and oxygen atoms in total. The molecule has 21 heavy (non-hydrogen) atoms. The van der Waals surface area contributed by atoms with Gasteiger partial charge in [0, 0.05) is 0 Å². The second kappa shape index (κ2) is 4.37. The first-order valence-electron chi connectivity index (χ1n) is 7.44. The van der Waals surface area contributed by atoms with Gasteiger partial charge in [-0.05, 0) is 57.3 Å². The molecule has 1 heterocycles. The molecule has 3 rings (SSSR count). The standard InChI is InChI=1S/C15H21F3O3/c1-13(2,3)21-12(19)14(15(16,17)18)5-8-4-11(14)10-7-20-6-9(8)10/h8-11H,4-7H2,1-3H3. The van der Waals surface area contributed by atoms with Crippen molar-refractivity contribution in [1.29, 1.82) is 0 Å². The Kier molecular flexibility index (Phi) is 3.15. The Morgan fingerprint density at radius 3 is 2.38 bits per heavy atom. The normalized spacial score (nSPS) is 42.2. The second-order valence-electron chi connectivity index (χ2n) is 7.64. The molecule has 5 unspecified atom stereocenters. The topological polar surface area (TPSA) is 35.5 Å². The Labute approximate surface area is 122 Å². The highest BCUT2D eigenvalue weighted by Gasteiger charge is 2.75. The first kappa shape index (κ1) is 15.1. The molecule has 5 atom stereocenters. The van der Waals surface area contributed by atoms with E-state index in [1.165, 1.54) is 0 Å². The molecule has 0 aromatic carbocycles. The Bertz CT molecular complexity index is 454. The van der Waals surface area contributed by atoms with Crippen LogP contribution in [0, 0.1) is 29.1 Å². The zero-order valence-electron chi connectivity index (χ0n) is 12.5. The van der Waals surface area contributed by atoms with Gasteiger partial charge in [-0.3, -0.25) is 4.79 Å². The second-order valence-corrected chi connectivity index (χ2v) is 7.64. The van der Waals surface area contributed by atoms with Gasteiger partial charge < -0.3 is 9.47 Å². The lowest BCUT2D eigenvalue weighted by atomic mass is 9.65. The van der Waals surface area contributed by atoms with Crippen molar-refractivity contribution in [2.75, 3.05) is 13.2 Å². The fourth-order valence-corrected chi connectivity index (χ4v) is 4.58. The number of alkyl halides is 3. The number of hydrogen-bond donors (Lipinski definition) is 0. The van der Waals surface area contributed by atoms with Crippen molar-refractivity contribution < 1.29 is 27.4 Å². The van der Waals surface area contributed by atoms with Crippen LogP contribution < -0.4 is 0 Å². The van der Waals surface area contributed by atoms with Gasteiger partial charge in [-0.2, -0.15) is 13.2 Å². The van der Waals surface area contributed by atoms with Crippen LogP contribution in [0.3, 0.4) is 0 Å². The van der Waals surface area contributed by atoms with Crippen molar-refractivity contribution in [2.45, 2.75) is 45.4 Å². The van der Waals surface area contributed by atoms with Gasteiger partial charge in [0.15, 0.2) is 5.41 Å². The smallest absolute Gasteiger partial charge is 0.405 e. The van der Waals surface area contributed by atoms with Gasteiger partial charge in [0.2, 0.25) is 0 Å². The van der Waals surface area contributed by atoms with Gasteiger partial charge in [0.25, 0.3) is 0 Å². The molecule has 0 N–H and O–H groups in total. The summed E-state index contributed by atoms with van der Waals surface area (Å²) in [6, 6.07) is 0. The summed E-state index contributed by atoms with van der Waals surface area (Å²) >= 11 is 0. The molecule has 0 radical (unpaired) electrons. The lowest BCUT2D eigenvalue weighted by Gasteiger charge is -2.42. The minimum absolute atomic E-state index is 0.0726. The van der Waals surface area contributed by atoms with Gasteiger partial charge >= 0.3 is 12.1 Å². The maximum atomic E-state index is 13.8. The van der Waals surface area contributed by atoms with Crippen LogP contribution in [0.5, 0.6) is 0 Å². The number of esters is 1. The van der Waals surface area contributed by atoms with Crippen LogP contribution in [0.2, 0.25) is 0 Å². The van der Waals surface area contributed by atoms with Crippen LogP contribution in [-0.4, -0.2) is 31.0 Å². The van der Waals surface area contributed by atoms with Crippen molar-refractivity contribution in [3.05, 3.63) is 0 Å². The Hall–Kier alpha value is -0.780. The molecule has 2 aliphatic carbocycles. The number of ether oxygens (including phenoxy) is 2. The van der Waals surface area contributed by atoms with Crippen LogP contribution >= 0.6 is 0 Å². The lowest BCUT2D eigenvalue weighted by molar-refractivity contribution is -0.258. The van der Waals surface area contributed by atoms with E-state index in [-0.39, 0.29) is 24.2 Å². The Morgan fingerprint density at radius 1 is 1.19 bits per heavy atom. The largest absolute Gasteiger partial charge is 0.459 e. The third kappa shape index (κ3) is 2.09. The third-order valence-corrected chi connectivity index (χ3v) is 5.34. The van der Waals surface area contributed by atoms with E-state index in [1.54, 1.807) is 20.8 Å². The van der Waals surface area contributed by atoms with Crippen molar-refractivity contribution in [1.82, 2.24) is 0 Å². The average Bonchev–Trinajstić information content (AvgIpc) is 2.96. The van der Waals surface area contributed by atoms with E-state index in [4.69, 9.17) is 9.47 Å². The van der Waals surface area contributed by atoms with E-state index in [0.29, 0.717) is 19.6 Å². The molecule has 2 bridgehead atoms. The van der Waals surface area contributed by atoms with Crippen LogP contribution in [0.25, 0.3) is 0 Å². The SMILES string of the molecule is CC(C)(C)OC(=O)C1(C(F)(F)F)CC2CC1C1COCC21. The van der Waals surface area contributed by atoms with Gasteiger partial charge in [-0.15, -0.1) is 0 Å². The minimum atomic E-state index is -4.57. The van der Waals surface area contributed by atoms with Crippen LogP contribution in [-0.2, 0) is 14.3 Å². The number of rotatable bonds is 1. The number of carbonyl (C=O) groups is 1. The number of halogens is 3. The van der Waals surface area contributed by atoms with E-state index >= 15 is 0 Å². The van der Waals surface area contributed by atoms with Crippen molar-refractivity contribution in [3.63, 3.8) is 0 Å². The maximum Gasteiger partial charge on any atom is 0.405 e. The first-order chi connectivity index (χ1) is 9.56. The summed E-state index contributed by atoms with van der Waals surface area (Å²) < 4.78 is 52.0. The molecule has 6 heteroatoms. The molecule has 2 saturated carbocycles. The fourth-order valence-electron chi connectivity index (χ4n) is 4.58. The number of fused-ring (bicyclic) bond motifs is 5. The van der Waals surface area contributed by atoms with Gasteiger partial charge in [0.05, 0.1) is 13.2 Å². The van der Waals surface area contributed by atoms with Crippen LogP contribution in [0.4, 0.5) is 13.2 Å². The van der Waals surface area contributed by atoms with Gasteiger partial charge in [-0.1, -0.05) is 0 Å². The van der Waals surface area contributed by atoms with Crippen LogP contribution in [0.15, 0.2) is 0 Å². The average molecular weight is 306 g/mol. The molecule has 0 amide bonds. The summed E-state index contributed by atoms with van der Waals surface area (Å²) in [4.78, 5) is 12.4. The number of carbonyl (C=O) groups excluding carboxylic acids is 1. The fraction of sp³-hybridized carbons (Fsp3) is 0.933. The van der Waals surface area contributed by atoms with E-state index in [1.807, 2.05) is 0 Å². The summed E-state index contributed by atoms with van der Waals surface area (Å²) in [5, 5.41) is 0. The molecule has 3 aliphatic rings. The van der Waals surface area contributed by atoms with E-state index in [2.05, 4.69) is 0 Å². The van der Waals surface area contributed by atoms with Gasteiger partial charge in [-0.25, -0.2) is 0 Å². The van der Waals surface area contributed by atoms with Crippen molar-refractivity contribution in [2.24, 2.45) is 29.1 Å². The minimum Gasteiger partial charge on any atom is -0.459 e. The third-order valence-electron chi connectivity index (χ3n) is 5.34. The molecule has 1 aliphatic heterocycles. The zero-order valence-corrected chi connectivity index (χ0v) is 12.5. The highest BCUT2D eigenvalue weighted by atomic mass is 19.4. The van der Waals surface area contributed by atoms with E-state index in [0.717, 1.165) is 0 Å². The first-order valence-corrected chi connectivity index (χ1v) is 7.44. The molecule has 120 valence electrons. The van der Waals surface area contributed by atoms with Crippen molar-refractivity contribution in [3.8, 4) is 0 Å². The summed E-state index contributed by atoms with van der Waals surface area (Å²) in [5.41, 5.74) is -3.25. The Morgan fingerprint density at radius 2 is 1.81 bits per heavy atom. The number of hydrogen-bond acceptors (Lipinski definition) is 3. The van der Waals surface area contributed by atoms with Crippen LogP contribution in [0.1, 0.15) is 33.6 Å². The maximum absolute atomic E-state index is 13.8. The molecular weight excluding hydrogens is 285 g/mol. The van der Waals surface area contributed by atoms with Crippen molar-refractivity contribution >= 4 is 5.97 Å². The molecule has 0 aromatic rings. The summed E-state index contributed by atoms with van der Waals surface area (Å²) in [5.74, 6) is -1.83. The van der Waals surface area contributed by atoms with E-state index < -0.39 is 29.1 Å². The molecular formula is C15H21F3O3. The summed E-state index contributed by atoms with van der Waals surface area (Å²) in [7, 11) is 0. The van der Waals surface area contributed by atoms with E-state index in [9.17, 15) is 18.0 Å². The summed E-state index contributed by atoms with van der Waals surface area (Å²) in [6.07, 6.45) is -4.24.